The van der Waals surface area contributed by atoms with Crippen LogP contribution in [0.3, 0.4) is 0 Å². The first-order valence-electron chi connectivity index (χ1n) is 6.96. The molecule has 0 bridgehead atoms. The SMILES string of the molecule is Brc1ccc2c(c1)C1(CCCC1)c1ccccc1N2. The second-order valence-corrected chi connectivity index (χ2v) is 6.57. The summed E-state index contributed by atoms with van der Waals surface area (Å²) in [4.78, 5) is 0. The smallest absolute Gasteiger partial charge is 0.0426 e. The highest BCUT2D eigenvalue weighted by molar-refractivity contribution is 9.10. The first-order chi connectivity index (χ1) is 9.29. The van der Waals surface area contributed by atoms with Gasteiger partial charge in [0.05, 0.1) is 0 Å². The molecule has 1 nitrogen and oxygen atoms in total. The molecule has 1 heterocycles. The summed E-state index contributed by atoms with van der Waals surface area (Å²) < 4.78 is 1.18. The van der Waals surface area contributed by atoms with E-state index in [9.17, 15) is 0 Å². The Balaban J connectivity index is 2.01. The molecule has 2 aromatic carbocycles. The lowest BCUT2D eigenvalue weighted by Gasteiger charge is -2.38. The van der Waals surface area contributed by atoms with Crippen molar-refractivity contribution in [3.8, 4) is 0 Å². The molecule has 96 valence electrons. The van der Waals surface area contributed by atoms with E-state index < -0.39 is 0 Å². The molecule has 4 rings (SSSR count). The molecule has 2 aromatic rings. The lowest BCUT2D eigenvalue weighted by Crippen LogP contribution is -2.29. The van der Waals surface area contributed by atoms with Crippen molar-refractivity contribution in [3.63, 3.8) is 0 Å². The molecule has 1 aliphatic carbocycles. The molecule has 1 N–H and O–H groups in total. The van der Waals surface area contributed by atoms with Gasteiger partial charge in [-0.2, -0.15) is 0 Å². The van der Waals surface area contributed by atoms with Gasteiger partial charge in [-0.25, -0.2) is 0 Å². The van der Waals surface area contributed by atoms with Gasteiger partial charge in [0, 0.05) is 21.3 Å². The number of halogens is 1. The number of para-hydroxylation sites is 1. The third-order valence-electron chi connectivity index (χ3n) is 4.67. The van der Waals surface area contributed by atoms with E-state index in [1.165, 1.54) is 52.7 Å². The summed E-state index contributed by atoms with van der Waals surface area (Å²) in [7, 11) is 0. The third-order valence-corrected chi connectivity index (χ3v) is 5.16. The predicted octanol–water partition coefficient (Wildman–Crippen LogP) is 5.37. The summed E-state index contributed by atoms with van der Waals surface area (Å²) in [6, 6.07) is 15.4. The topological polar surface area (TPSA) is 12.0 Å². The van der Waals surface area contributed by atoms with Crippen LogP contribution in [0, 0.1) is 0 Å². The Morgan fingerprint density at radius 3 is 2.47 bits per heavy atom. The molecule has 19 heavy (non-hydrogen) atoms. The number of fused-ring (bicyclic) bond motifs is 4. The fourth-order valence-corrected chi connectivity index (χ4v) is 4.20. The first-order valence-corrected chi connectivity index (χ1v) is 7.75. The highest BCUT2D eigenvalue weighted by Crippen LogP contribution is 2.54. The minimum Gasteiger partial charge on any atom is -0.355 e. The van der Waals surface area contributed by atoms with Gasteiger partial charge in [0.15, 0.2) is 0 Å². The molecule has 1 fully saturated rings. The molecular weight excluding hydrogens is 298 g/mol. The number of anilines is 2. The van der Waals surface area contributed by atoms with Crippen molar-refractivity contribution in [2.45, 2.75) is 31.1 Å². The maximum absolute atomic E-state index is 3.63. The number of rotatable bonds is 0. The normalized spacial score (nSPS) is 18.8. The van der Waals surface area contributed by atoms with Crippen LogP contribution in [-0.4, -0.2) is 0 Å². The lowest BCUT2D eigenvalue weighted by atomic mass is 9.70. The minimum atomic E-state index is 0.237. The van der Waals surface area contributed by atoms with Crippen molar-refractivity contribution in [2.75, 3.05) is 5.32 Å². The molecule has 2 aliphatic rings. The monoisotopic (exact) mass is 313 g/mol. The fraction of sp³-hybridized carbons (Fsp3) is 0.294. The lowest BCUT2D eigenvalue weighted by molar-refractivity contribution is 0.533. The van der Waals surface area contributed by atoms with Crippen molar-refractivity contribution in [3.05, 3.63) is 58.1 Å². The number of hydrogen-bond acceptors (Lipinski definition) is 1. The van der Waals surface area contributed by atoms with Crippen molar-refractivity contribution in [1.29, 1.82) is 0 Å². The van der Waals surface area contributed by atoms with Crippen LogP contribution in [0.5, 0.6) is 0 Å². The molecule has 0 unspecified atom stereocenters. The largest absolute Gasteiger partial charge is 0.355 e. The van der Waals surface area contributed by atoms with Gasteiger partial charge in [-0.3, -0.25) is 0 Å². The molecule has 0 atom stereocenters. The predicted molar refractivity (Wildman–Crippen MR) is 83.1 cm³/mol. The van der Waals surface area contributed by atoms with E-state index in [1.807, 2.05) is 0 Å². The van der Waals surface area contributed by atoms with Gasteiger partial charge in [0.1, 0.15) is 0 Å². The molecule has 1 spiro atoms. The molecule has 1 saturated carbocycles. The van der Waals surface area contributed by atoms with Crippen LogP contribution in [0.15, 0.2) is 46.9 Å². The molecule has 2 heteroatoms. The molecule has 0 amide bonds. The van der Waals surface area contributed by atoms with Gasteiger partial charge >= 0.3 is 0 Å². The zero-order chi connectivity index (χ0) is 12.9. The Hall–Kier alpha value is -1.28. The van der Waals surface area contributed by atoms with E-state index in [2.05, 4.69) is 63.7 Å². The maximum atomic E-state index is 3.63. The van der Waals surface area contributed by atoms with Crippen LogP contribution >= 0.6 is 15.9 Å². The van der Waals surface area contributed by atoms with Crippen LogP contribution in [0.2, 0.25) is 0 Å². The quantitative estimate of drug-likeness (QED) is 0.689. The average Bonchev–Trinajstić information content (AvgIpc) is 2.91. The zero-order valence-corrected chi connectivity index (χ0v) is 12.3. The summed E-state index contributed by atoms with van der Waals surface area (Å²) >= 11 is 3.63. The highest BCUT2D eigenvalue weighted by atomic mass is 79.9. The zero-order valence-electron chi connectivity index (χ0n) is 10.7. The van der Waals surface area contributed by atoms with E-state index in [0.717, 1.165) is 0 Å². The van der Waals surface area contributed by atoms with Crippen LogP contribution in [0.4, 0.5) is 11.4 Å². The summed E-state index contributed by atoms with van der Waals surface area (Å²) in [5.41, 5.74) is 5.76. The van der Waals surface area contributed by atoms with Crippen molar-refractivity contribution >= 4 is 27.3 Å². The van der Waals surface area contributed by atoms with Gasteiger partial charge in [-0.15, -0.1) is 0 Å². The molecular formula is C17H16BrN. The van der Waals surface area contributed by atoms with E-state index in [0.29, 0.717) is 0 Å². The second-order valence-electron chi connectivity index (χ2n) is 5.65. The van der Waals surface area contributed by atoms with Crippen LogP contribution in [0.25, 0.3) is 0 Å². The van der Waals surface area contributed by atoms with Crippen LogP contribution in [-0.2, 0) is 5.41 Å². The van der Waals surface area contributed by atoms with Gasteiger partial charge in [-0.1, -0.05) is 47.0 Å². The Morgan fingerprint density at radius 1 is 0.895 bits per heavy atom. The molecule has 1 aliphatic heterocycles. The van der Waals surface area contributed by atoms with Gasteiger partial charge in [0.25, 0.3) is 0 Å². The van der Waals surface area contributed by atoms with E-state index >= 15 is 0 Å². The highest BCUT2D eigenvalue weighted by Gasteiger charge is 2.42. The summed E-state index contributed by atoms with van der Waals surface area (Å²) in [5.74, 6) is 0. The molecule has 0 radical (unpaired) electrons. The Morgan fingerprint density at radius 2 is 1.63 bits per heavy atom. The van der Waals surface area contributed by atoms with Crippen molar-refractivity contribution < 1.29 is 0 Å². The first kappa shape index (κ1) is 11.5. The number of benzene rings is 2. The minimum absolute atomic E-state index is 0.237. The van der Waals surface area contributed by atoms with Crippen LogP contribution < -0.4 is 5.32 Å². The van der Waals surface area contributed by atoms with E-state index in [1.54, 1.807) is 0 Å². The summed E-state index contributed by atoms with van der Waals surface area (Å²) in [6.07, 6.45) is 5.21. The Kier molecular flexibility index (Phi) is 2.49. The summed E-state index contributed by atoms with van der Waals surface area (Å²) in [5, 5.41) is 3.60. The third kappa shape index (κ3) is 1.59. The maximum Gasteiger partial charge on any atom is 0.0426 e. The Bertz CT molecular complexity index is 641. The van der Waals surface area contributed by atoms with Crippen molar-refractivity contribution in [1.82, 2.24) is 0 Å². The summed E-state index contributed by atoms with van der Waals surface area (Å²) in [6.45, 7) is 0. The standard InChI is InChI=1S/C17H16BrN/c18-12-7-8-16-14(11-12)17(9-3-4-10-17)13-5-1-2-6-15(13)19-16/h1-2,5-8,11,19H,3-4,9-10H2. The van der Waals surface area contributed by atoms with Crippen molar-refractivity contribution in [2.24, 2.45) is 0 Å². The van der Waals surface area contributed by atoms with E-state index in [-0.39, 0.29) is 5.41 Å². The van der Waals surface area contributed by atoms with Crippen LogP contribution in [0.1, 0.15) is 36.8 Å². The molecule has 0 saturated heterocycles. The molecule has 0 aromatic heterocycles. The Labute approximate surface area is 122 Å². The fourth-order valence-electron chi connectivity index (χ4n) is 3.84. The number of nitrogens with one attached hydrogen (secondary N) is 1. The van der Waals surface area contributed by atoms with Gasteiger partial charge in [-0.05, 0) is 48.2 Å². The average molecular weight is 314 g/mol. The second kappa shape index (κ2) is 4.11. The van der Waals surface area contributed by atoms with Gasteiger partial charge < -0.3 is 5.32 Å². The van der Waals surface area contributed by atoms with E-state index in [4.69, 9.17) is 0 Å². The van der Waals surface area contributed by atoms with Gasteiger partial charge in [0.2, 0.25) is 0 Å². The number of hydrogen-bond donors (Lipinski definition) is 1.